The average molecular weight is 409 g/mol. The van der Waals surface area contributed by atoms with Gasteiger partial charge in [-0.3, -0.25) is 0 Å². The van der Waals surface area contributed by atoms with Crippen LogP contribution in [0.25, 0.3) is 0 Å². The van der Waals surface area contributed by atoms with Gasteiger partial charge in [0.05, 0.1) is 6.61 Å². The molecule has 0 radical (unpaired) electrons. The van der Waals surface area contributed by atoms with Crippen molar-refractivity contribution in [3.8, 4) is 0 Å². The van der Waals surface area contributed by atoms with Crippen LogP contribution in [0.15, 0.2) is 11.1 Å². The zero-order valence-electron chi connectivity index (χ0n) is 21.2. The highest BCUT2D eigenvalue weighted by atomic mass is 16.3. The summed E-state index contributed by atoms with van der Waals surface area (Å²) >= 11 is 0. The second kappa shape index (κ2) is 19.7. The van der Waals surface area contributed by atoms with Gasteiger partial charge in [-0.15, -0.1) is 0 Å². The van der Waals surface area contributed by atoms with Crippen LogP contribution in [0.2, 0.25) is 0 Å². The number of hydrogen-bond donors (Lipinski definition) is 1. The molecule has 1 nitrogen and oxygen atoms in total. The predicted octanol–water partition coefficient (Wildman–Crippen LogP) is 9.48. The third-order valence-electron chi connectivity index (χ3n) is 6.75. The molecule has 0 aromatic rings. The van der Waals surface area contributed by atoms with E-state index >= 15 is 0 Å². The molecule has 0 aliphatic carbocycles. The molecule has 0 fully saturated rings. The fourth-order valence-corrected chi connectivity index (χ4v) is 4.42. The summed E-state index contributed by atoms with van der Waals surface area (Å²) in [5.74, 6) is 2.61. The Morgan fingerprint density at radius 3 is 1.69 bits per heavy atom. The minimum absolute atomic E-state index is 0.269. The number of allylic oxidation sites excluding steroid dienone is 1. The van der Waals surface area contributed by atoms with Crippen LogP contribution in [0.3, 0.4) is 0 Å². The van der Waals surface area contributed by atoms with Gasteiger partial charge in [0.2, 0.25) is 0 Å². The summed E-state index contributed by atoms with van der Waals surface area (Å²) in [5.41, 5.74) is 2.79. The molecule has 174 valence electrons. The summed E-state index contributed by atoms with van der Waals surface area (Å²) in [7, 11) is 0. The maximum Gasteiger partial charge on any atom is 0.0644 e. The summed E-state index contributed by atoms with van der Waals surface area (Å²) < 4.78 is 0. The van der Waals surface area contributed by atoms with Crippen molar-refractivity contribution >= 4 is 0 Å². The third-order valence-corrected chi connectivity index (χ3v) is 6.75. The second-order valence-corrected chi connectivity index (χ2v) is 10.4. The van der Waals surface area contributed by atoms with Crippen molar-refractivity contribution in [2.45, 2.75) is 144 Å². The monoisotopic (exact) mass is 408 g/mol. The van der Waals surface area contributed by atoms with Crippen molar-refractivity contribution in [1.82, 2.24) is 0 Å². The lowest BCUT2D eigenvalue weighted by atomic mass is 9.91. The van der Waals surface area contributed by atoms with E-state index in [1.807, 2.05) is 0 Å². The van der Waals surface area contributed by atoms with E-state index in [2.05, 4.69) is 41.5 Å². The average Bonchev–Trinajstić information content (AvgIpc) is 2.67. The Morgan fingerprint density at radius 2 is 1.14 bits per heavy atom. The first-order valence-electron chi connectivity index (χ1n) is 13.2. The lowest BCUT2D eigenvalue weighted by Gasteiger charge is -2.15. The van der Waals surface area contributed by atoms with E-state index in [4.69, 9.17) is 0 Å². The molecule has 0 aliphatic heterocycles. The molecule has 0 aliphatic rings. The molecule has 0 saturated heterocycles. The van der Waals surface area contributed by atoms with E-state index < -0.39 is 0 Å². The predicted molar refractivity (Wildman–Crippen MR) is 132 cm³/mol. The Hall–Kier alpha value is -0.300. The van der Waals surface area contributed by atoms with Gasteiger partial charge in [-0.05, 0) is 55.9 Å². The summed E-state index contributed by atoms with van der Waals surface area (Å²) in [5, 5.41) is 9.75. The molecule has 1 heteroatoms. The summed E-state index contributed by atoms with van der Waals surface area (Å²) in [6.07, 6.45) is 21.3. The first kappa shape index (κ1) is 28.7. The van der Waals surface area contributed by atoms with Gasteiger partial charge >= 0.3 is 0 Å². The Balaban J connectivity index is 3.87. The normalized spacial score (nSPS) is 14.9. The van der Waals surface area contributed by atoms with Crippen molar-refractivity contribution in [3.63, 3.8) is 0 Å². The van der Waals surface area contributed by atoms with Crippen LogP contribution in [-0.2, 0) is 0 Å². The molecule has 0 unspecified atom stereocenters. The maximum absolute atomic E-state index is 9.75. The van der Waals surface area contributed by atoms with Crippen LogP contribution in [0, 0.1) is 17.8 Å². The first-order chi connectivity index (χ1) is 13.9. The maximum atomic E-state index is 9.75. The highest BCUT2D eigenvalue weighted by molar-refractivity contribution is 5.12. The van der Waals surface area contributed by atoms with Crippen molar-refractivity contribution in [3.05, 3.63) is 11.1 Å². The lowest BCUT2D eigenvalue weighted by Crippen LogP contribution is -2.01. The van der Waals surface area contributed by atoms with E-state index in [-0.39, 0.29) is 6.61 Å². The molecule has 0 rings (SSSR count). The van der Waals surface area contributed by atoms with E-state index in [1.165, 1.54) is 107 Å². The van der Waals surface area contributed by atoms with Gasteiger partial charge in [0.1, 0.15) is 0 Å². The summed E-state index contributed by atoms with van der Waals surface area (Å²) in [6.45, 7) is 14.3. The topological polar surface area (TPSA) is 20.2 Å². The number of unbranched alkanes of at least 4 members (excludes halogenated alkanes) is 5. The number of rotatable bonds is 20. The standard InChI is InChI=1S/C28H56O/c1-7-8-9-10-11-12-22-28(23-29)27(6)21-15-20-26(5)19-14-18-25(4)17-13-16-24(2)3/h24-26,29H,7-23H2,1-6H3/b28-27+/t25-,26-/m1/s1. The van der Waals surface area contributed by atoms with Crippen molar-refractivity contribution < 1.29 is 5.11 Å². The zero-order valence-corrected chi connectivity index (χ0v) is 21.2. The van der Waals surface area contributed by atoms with Crippen LogP contribution in [0.4, 0.5) is 0 Å². The molecule has 0 bridgehead atoms. The molecule has 2 atom stereocenters. The van der Waals surface area contributed by atoms with E-state index in [0.717, 1.165) is 24.2 Å². The Morgan fingerprint density at radius 1 is 0.621 bits per heavy atom. The number of aliphatic hydroxyl groups excluding tert-OH is 1. The molecular weight excluding hydrogens is 352 g/mol. The highest BCUT2D eigenvalue weighted by Crippen LogP contribution is 2.23. The quantitative estimate of drug-likeness (QED) is 0.157. The van der Waals surface area contributed by atoms with Gasteiger partial charge in [0.15, 0.2) is 0 Å². The van der Waals surface area contributed by atoms with Gasteiger partial charge in [0.25, 0.3) is 0 Å². The Labute approximate surface area is 185 Å². The Bertz CT molecular complexity index is 382. The van der Waals surface area contributed by atoms with Crippen LogP contribution in [0.5, 0.6) is 0 Å². The molecule has 0 amide bonds. The largest absolute Gasteiger partial charge is 0.392 e. The van der Waals surface area contributed by atoms with Gasteiger partial charge in [0, 0.05) is 0 Å². The smallest absolute Gasteiger partial charge is 0.0644 e. The lowest BCUT2D eigenvalue weighted by molar-refractivity contribution is 0.323. The molecule has 0 aromatic heterocycles. The minimum atomic E-state index is 0.269. The molecular formula is C28H56O. The Kier molecular flexibility index (Phi) is 19.4. The van der Waals surface area contributed by atoms with Gasteiger partial charge in [-0.25, -0.2) is 0 Å². The van der Waals surface area contributed by atoms with Crippen LogP contribution >= 0.6 is 0 Å². The SMILES string of the molecule is CCCCCCCC/C(CO)=C(/C)CCC[C@H](C)CCC[C@H](C)CCCC(C)C. The summed E-state index contributed by atoms with van der Waals surface area (Å²) in [6, 6.07) is 0. The molecule has 0 heterocycles. The molecule has 1 N–H and O–H groups in total. The van der Waals surface area contributed by atoms with Crippen molar-refractivity contribution in [2.24, 2.45) is 17.8 Å². The van der Waals surface area contributed by atoms with Crippen LogP contribution in [-0.4, -0.2) is 11.7 Å². The first-order valence-corrected chi connectivity index (χ1v) is 13.2. The molecule has 0 aromatic carbocycles. The molecule has 29 heavy (non-hydrogen) atoms. The number of hydrogen-bond acceptors (Lipinski definition) is 1. The van der Waals surface area contributed by atoms with Gasteiger partial charge < -0.3 is 5.11 Å². The minimum Gasteiger partial charge on any atom is -0.392 e. The van der Waals surface area contributed by atoms with E-state index in [9.17, 15) is 5.11 Å². The van der Waals surface area contributed by atoms with Crippen molar-refractivity contribution in [1.29, 1.82) is 0 Å². The third kappa shape index (κ3) is 18.2. The fraction of sp³-hybridized carbons (Fsp3) is 0.929. The van der Waals surface area contributed by atoms with Crippen LogP contribution in [0.1, 0.15) is 144 Å². The highest BCUT2D eigenvalue weighted by Gasteiger charge is 2.08. The summed E-state index contributed by atoms with van der Waals surface area (Å²) in [4.78, 5) is 0. The molecule has 0 saturated carbocycles. The van der Waals surface area contributed by atoms with E-state index in [1.54, 1.807) is 0 Å². The van der Waals surface area contributed by atoms with Gasteiger partial charge in [-0.1, -0.05) is 117 Å². The van der Waals surface area contributed by atoms with Gasteiger partial charge in [-0.2, -0.15) is 0 Å². The number of aliphatic hydroxyl groups is 1. The zero-order chi connectivity index (χ0) is 21.9. The second-order valence-electron chi connectivity index (χ2n) is 10.4. The van der Waals surface area contributed by atoms with Crippen molar-refractivity contribution in [2.75, 3.05) is 6.61 Å². The fourth-order valence-electron chi connectivity index (χ4n) is 4.42. The molecule has 0 spiro atoms. The van der Waals surface area contributed by atoms with E-state index in [0.29, 0.717) is 0 Å². The van der Waals surface area contributed by atoms with Crippen LogP contribution < -0.4 is 0 Å².